The van der Waals surface area contributed by atoms with E-state index in [0.29, 0.717) is 5.56 Å². The normalized spacial score (nSPS) is 12.2. The number of hydrazone groups is 1. The molecule has 1 atom stereocenters. The molecule has 2 rings (SSSR count). The van der Waals surface area contributed by atoms with Gasteiger partial charge < -0.3 is 10.4 Å². The highest BCUT2D eigenvalue weighted by Crippen LogP contribution is 2.20. The molecule has 0 aliphatic rings. The van der Waals surface area contributed by atoms with E-state index in [1.807, 2.05) is 26.0 Å². The Morgan fingerprint density at radius 2 is 2.00 bits per heavy atom. The van der Waals surface area contributed by atoms with Gasteiger partial charge >= 0.3 is 0 Å². The van der Waals surface area contributed by atoms with Crippen LogP contribution in [-0.2, 0) is 4.79 Å². The van der Waals surface area contributed by atoms with Gasteiger partial charge in [0.1, 0.15) is 11.8 Å². The van der Waals surface area contributed by atoms with E-state index < -0.39 is 6.04 Å². The van der Waals surface area contributed by atoms with Gasteiger partial charge in [-0.25, -0.2) is 5.43 Å². The smallest absolute Gasteiger partial charge is 0.262 e. The van der Waals surface area contributed by atoms with Gasteiger partial charge in [0.05, 0.1) is 6.21 Å². The number of nitrogens with zero attached hydrogens (tertiary/aromatic N) is 1. The molecule has 3 N–H and O–H groups in total. The van der Waals surface area contributed by atoms with Gasteiger partial charge in [-0.3, -0.25) is 4.79 Å². The average molecular weight is 390 g/mol. The standard InChI is InChI=1S/C18H20BrN3O2/c1-11-4-6-16(12(2)8-11)21-13(3)18(24)22-20-10-14-9-15(19)5-7-17(14)23/h4-10,13,21,23H,1-3H3,(H,22,24)/b20-10-. The molecule has 2 aromatic carbocycles. The first kappa shape index (κ1) is 18.0. The summed E-state index contributed by atoms with van der Waals surface area (Å²) in [6, 6.07) is 10.5. The van der Waals surface area contributed by atoms with E-state index in [1.54, 1.807) is 25.1 Å². The van der Waals surface area contributed by atoms with Crippen molar-refractivity contribution in [3.8, 4) is 5.75 Å². The number of rotatable bonds is 5. The van der Waals surface area contributed by atoms with Gasteiger partial charge in [-0.2, -0.15) is 5.10 Å². The van der Waals surface area contributed by atoms with Crippen LogP contribution in [0.1, 0.15) is 23.6 Å². The fourth-order valence-electron chi connectivity index (χ4n) is 2.17. The number of carbonyl (C=O) groups excluding carboxylic acids is 1. The third kappa shape index (κ3) is 4.83. The number of anilines is 1. The number of hydrogen-bond donors (Lipinski definition) is 3. The zero-order chi connectivity index (χ0) is 17.7. The first-order valence-electron chi connectivity index (χ1n) is 7.52. The Morgan fingerprint density at radius 3 is 2.71 bits per heavy atom. The van der Waals surface area contributed by atoms with Crippen LogP contribution in [0.15, 0.2) is 46.0 Å². The monoisotopic (exact) mass is 389 g/mol. The van der Waals surface area contributed by atoms with Crippen molar-refractivity contribution < 1.29 is 9.90 Å². The first-order chi connectivity index (χ1) is 11.4. The molecule has 0 bridgehead atoms. The SMILES string of the molecule is Cc1ccc(NC(C)C(=O)N/N=C\c2cc(Br)ccc2O)c(C)c1. The van der Waals surface area contributed by atoms with Gasteiger partial charge in [0, 0.05) is 15.7 Å². The summed E-state index contributed by atoms with van der Waals surface area (Å²) in [7, 11) is 0. The second-order valence-corrected chi connectivity index (χ2v) is 6.54. The maximum Gasteiger partial charge on any atom is 0.262 e. The van der Waals surface area contributed by atoms with E-state index in [2.05, 4.69) is 37.8 Å². The van der Waals surface area contributed by atoms with Crippen LogP contribution in [0, 0.1) is 13.8 Å². The van der Waals surface area contributed by atoms with E-state index in [1.165, 1.54) is 11.8 Å². The van der Waals surface area contributed by atoms with E-state index in [4.69, 9.17) is 0 Å². The second-order valence-electron chi connectivity index (χ2n) is 5.62. The second kappa shape index (κ2) is 7.97. The molecule has 0 aromatic heterocycles. The Kier molecular flexibility index (Phi) is 5.98. The summed E-state index contributed by atoms with van der Waals surface area (Å²) < 4.78 is 0.818. The Balaban J connectivity index is 1.96. The number of halogens is 1. The largest absolute Gasteiger partial charge is 0.507 e. The summed E-state index contributed by atoms with van der Waals surface area (Å²) >= 11 is 3.32. The van der Waals surface area contributed by atoms with Crippen molar-refractivity contribution in [2.45, 2.75) is 26.8 Å². The zero-order valence-electron chi connectivity index (χ0n) is 13.8. The third-order valence-corrected chi connectivity index (χ3v) is 4.01. The lowest BCUT2D eigenvalue weighted by atomic mass is 10.1. The van der Waals surface area contributed by atoms with Gasteiger partial charge in [0.25, 0.3) is 5.91 Å². The van der Waals surface area contributed by atoms with Crippen LogP contribution in [0.5, 0.6) is 5.75 Å². The Bertz CT molecular complexity index is 775. The molecule has 0 radical (unpaired) electrons. The zero-order valence-corrected chi connectivity index (χ0v) is 15.4. The van der Waals surface area contributed by atoms with Crippen LogP contribution in [-0.4, -0.2) is 23.3 Å². The Hall–Kier alpha value is -2.34. The molecule has 0 aliphatic carbocycles. The van der Waals surface area contributed by atoms with Gasteiger partial charge in [-0.1, -0.05) is 33.6 Å². The minimum Gasteiger partial charge on any atom is -0.507 e. The summed E-state index contributed by atoms with van der Waals surface area (Å²) in [6.07, 6.45) is 1.40. The van der Waals surface area contributed by atoms with Crippen molar-refractivity contribution in [2.75, 3.05) is 5.32 Å². The molecule has 0 saturated heterocycles. The maximum atomic E-state index is 12.1. The first-order valence-corrected chi connectivity index (χ1v) is 8.31. The van der Waals surface area contributed by atoms with Crippen LogP contribution in [0.2, 0.25) is 0 Å². The lowest BCUT2D eigenvalue weighted by molar-refractivity contribution is -0.121. The molecular weight excluding hydrogens is 370 g/mol. The number of aryl methyl sites for hydroxylation is 2. The summed E-state index contributed by atoms with van der Waals surface area (Å²) in [5.74, 6) is -0.168. The molecule has 1 amide bonds. The van der Waals surface area contributed by atoms with Crippen molar-refractivity contribution in [1.29, 1.82) is 0 Å². The van der Waals surface area contributed by atoms with Gasteiger partial charge in [-0.15, -0.1) is 0 Å². The fourth-order valence-corrected chi connectivity index (χ4v) is 2.54. The molecule has 6 heteroatoms. The van der Waals surface area contributed by atoms with Crippen LogP contribution in [0.25, 0.3) is 0 Å². The van der Waals surface area contributed by atoms with Crippen molar-refractivity contribution in [2.24, 2.45) is 5.10 Å². The van der Waals surface area contributed by atoms with E-state index in [-0.39, 0.29) is 11.7 Å². The fraction of sp³-hybridized carbons (Fsp3) is 0.222. The maximum absolute atomic E-state index is 12.1. The number of amides is 1. The summed E-state index contributed by atoms with van der Waals surface area (Å²) in [6.45, 7) is 5.79. The Labute approximate surface area is 149 Å². The molecule has 126 valence electrons. The summed E-state index contributed by atoms with van der Waals surface area (Å²) in [5, 5.41) is 16.8. The predicted octanol–water partition coefficient (Wildman–Crippen LogP) is 3.72. The van der Waals surface area contributed by atoms with Crippen LogP contribution in [0.3, 0.4) is 0 Å². The van der Waals surface area contributed by atoms with E-state index >= 15 is 0 Å². The molecule has 0 heterocycles. The quantitative estimate of drug-likeness (QED) is 0.538. The molecule has 0 fully saturated rings. The summed E-state index contributed by atoms with van der Waals surface area (Å²) in [4.78, 5) is 12.1. The highest BCUT2D eigenvalue weighted by molar-refractivity contribution is 9.10. The highest BCUT2D eigenvalue weighted by atomic mass is 79.9. The molecular formula is C18H20BrN3O2. The number of carbonyl (C=O) groups is 1. The minimum atomic E-state index is -0.445. The number of benzene rings is 2. The van der Waals surface area contributed by atoms with E-state index in [0.717, 1.165) is 15.7 Å². The van der Waals surface area contributed by atoms with Crippen LogP contribution < -0.4 is 10.7 Å². The van der Waals surface area contributed by atoms with E-state index in [9.17, 15) is 9.90 Å². The van der Waals surface area contributed by atoms with Crippen molar-refractivity contribution in [1.82, 2.24) is 5.43 Å². The molecule has 1 unspecified atom stereocenters. The highest BCUT2D eigenvalue weighted by Gasteiger charge is 2.12. The molecule has 5 nitrogen and oxygen atoms in total. The lowest BCUT2D eigenvalue weighted by Gasteiger charge is -2.15. The molecule has 0 aliphatic heterocycles. The topological polar surface area (TPSA) is 73.7 Å². The molecule has 24 heavy (non-hydrogen) atoms. The third-order valence-electron chi connectivity index (χ3n) is 3.52. The van der Waals surface area contributed by atoms with Crippen LogP contribution >= 0.6 is 15.9 Å². The number of nitrogens with one attached hydrogen (secondary N) is 2. The number of phenols is 1. The number of hydrogen-bond acceptors (Lipinski definition) is 4. The van der Waals surface area contributed by atoms with Crippen molar-refractivity contribution >= 4 is 33.7 Å². The van der Waals surface area contributed by atoms with Crippen molar-refractivity contribution in [3.05, 3.63) is 57.6 Å². The Morgan fingerprint density at radius 1 is 1.25 bits per heavy atom. The minimum absolute atomic E-state index is 0.0950. The molecule has 0 spiro atoms. The lowest BCUT2D eigenvalue weighted by Crippen LogP contribution is -2.35. The summed E-state index contributed by atoms with van der Waals surface area (Å²) in [5.41, 5.74) is 6.15. The molecule has 2 aromatic rings. The van der Waals surface area contributed by atoms with Gasteiger partial charge in [0.2, 0.25) is 0 Å². The van der Waals surface area contributed by atoms with Gasteiger partial charge in [-0.05, 0) is 50.6 Å². The predicted molar refractivity (Wildman–Crippen MR) is 101 cm³/mol. The number of aromatic hydroxyl groups is 1. The number of phenolic OH excluding ortho intramolecular Hbond substituents is 1. The van der Waals surface area contributed by atoms with Crippen molar-refractivity contribution in [3.63, 3.8) is 0 Å². The van der Waals surface area contributed by atoms with Gasteiger partial charge in [0.15, 0.2) is 0 Å². The molecule has 0 saturated carbocycles. The average Bonchev–Trinajstić information content (AvgIpc) is 2.53. The van der Waals surface area contributed by atoms with Crippen LogP contribution in [0.4, 0.5) is 5.69 Å².